The van der Waals surface area contributed by atoms with E-state index in [0.29, 0.717) is 16.3 Å². The van der Waals surface area contributed by atoms with Crippen LogP contribution in [0, 0.1) is 13.8 Å². The van der Waals surface area contributed by atoms with Crippen LogP contribution in [-0.2, 0) is 22.3 Å². The Morgan fingerprint density at radius 2 is 2.11 bits per heavy atom. The second kappa shape index (κ2) is 7.26. The SMILES string of the molecule is Cc1noc(C)c1CNC(=O)C[C@H]1Sc2ccc(C(F)(F)F)cc2NC1=O. The summed E-state index contributed by atoms with van der Waals surface area (Å²) in [7, 11) is 0. The zero-order valence-corrected chi connectivity index (χ0v) is 15.3. The molecule has 27 heavy (non-hydrogen) atoms. The number of nitrogens with one attached hydrogen (secondary N) is 2. The van der Waals surface area contributed by atoms with Crippen molar-refractivity contribution in [2.75, 3.05) is 5.32 Å². The summed E-state index contributed by atoms with van der Waals surface area (Å²) in [6.07, 6.45) is -4.58. The maximum Gasteiger partial charge on any atom is 0.416 e. The lowest BCUT2D eigenvalue weighted by Crippen LogP contribution is -2.35. The zero-order valence-electron chi connectivity index (χ0n) is 14.4. The number of aromatic nitrogens is 1. The molecule has 0 spiro atoms. The van der Waals surface area contributed by atoms with Crippen molar-refractivity contribution in [2.45, 2.75) is 43.1 Å². The van der Waals surface area contributed by atoms with Gasteiger partial charge in [-0.05, 0) is 32.0 Å². The van der Waals surface area contributed by atoms with E-state index in [4.69, 9.17) is 4.52 Å². The van der Waals surface area contributed by atoms with E-state index in [9.17, 15) is 22.8 Å². The molecule has 1 aliphatic rings. The Bertz CT molecular complexity index is 876. The standard InChI is InChI=1S/C17H16F3N3O3S/c1-8-11(9(2)26-23-8)7-21-15(24)6-14-16(25)22-12-5-10(17(18,19)20)3-4-13(12)27-14/h3-5,14H,6-7H2,1-2H3,(H,21,24)(H,22,25)/t14-/m1/s1. The highest BCUT2D eigenvalue weighted by Crippen LogP contribution is 2.40. The molecule has 0 radical (unpaired) electrons. The van der Waals surface area contributed by atoms with Crippen molar-refractivity contribution in [1.82, 2.24) is 10.5 Å². The summed E-state index contributed by atoms with van der Waals surface area (Å²) in [6, 6.07) is 3.16. The molecule has 0 bridgehead atoms. The topological polar surface area (TPSA) is 84.2 Å². The quantitative estimate of drug-likeness (QED) is 0.823. The maximum absolute atomic E-state index is 12.8. The number of hydrogen-bond acceptors (Lipinski definition) is 5. The van der Waals surface area contributed by atoms with Gasteiger partial charge in [0.1, 0.15) is 5.76 Å². The number of carbonyl (C=O) groups excluding carboxylic acids is 2. The molecular weight excluding hydrogens is 383 g/mol. The molecule has 1 aromatic heterocycles. The minimum absolute atomic E-state index is 0.0969. The number of carbonyl (C=O) groups is 2. The van der Waals surface area contributed by atoms with Crippen molar-refractivity contribution in [1.29, 1.82) is 0 Å². The first-order valence-electron chi connectivity index (χ1n) is 8.02. The minimum atomic E-state index is -4.49. The number of aryl methyl sites for hydroxylation is 2. The molecule has 0 unspecified atom stereocenters. The molecule has 0 saturated carbocycles. The number of nitrogens with zero attached hydrogens (tertiary/aromatic N) is 1. The molecular formula is C17H16F3N3O3S. The van der Waals surface area contributed by atoms with Gasteiger partial charge in [-0.15, -0.1) is 11.8 Å². The molecule has 10 heteroatoms. The van der Waals surface area contributed by atoms with Crippen molar-refractivity contribution in [3.63, 3.8) is 0 Å². The van der Waals surface area contributed by atoms with E-state index in [0.717, 1.165) is 29.5 Å². The molecule has 144 valence electrons. The highest BCUT2D eigenvalue weighted by molar-refractivity contribution is 8.01. The fraction of sp³-hybridized carbons (Fsp3) is 0.353. The molecule has 0 fully saturated rings. The fourth-order valence-electron chi connectivity index (χ4n) is 2.64. The molecule has 6 nitrogen and oxygen atoms in total. The van der Waals surface area contributed by atoms with Crippen LogP contribution in [0.4, 0.5) is 18.9 Å². The fourth-order valence-corrected chi connectivity index (χ4v) is 3.73. The zero-order chi connectivity index (χ0) is 19.8. The summed E-state index contributed by atoms with van der Waals surface area (Å²) < 4.78 is 43.4. The summed E-state index contributed by atoms with van der Waals surface area (Å²) in [5, 5.41) is 8.23. The van der Waals surface area contributed by atoms with Crippen molar-refractivity contribution in [3.05, 3.63) is 40.8 Å². The molecule has 2 N–H and O–H groups in total. The van der Waals surface area contributed by atoms with Gasteiger partial charge < -0.3 is 15.2 Å². The number of anilines is 1. The third-order valence-electron chi connectivity index (χ3n) is 4.14. The Hall–Kier alpha value is -2.49. The van der Waals surface area contributed by atoms with E-state index in [1.165, 1.54) is 6.07 Å². The third-order valence-corrected chi connectivity index (χ3v) is 5.42. The number of alkyl halides is 3. The Morgan fingerprint density at radius 1 is 1.37 bits per heavy atom. The van der Waals surface area contributed by atoms with Gasteiger partial charge in [0.25, 0.3) is 0 Å². The number of benzene rings is 1. The summed E-state index contributed by atoms with van der Waals surface area (Å²) in [4.78, 5) is 24.8. The molecule has 2 amide bonds. The van der Waals surface area contributed by atoms with Crippen LogP contribution >= 0.6 is 11.8 Å². The minimum Gasteiger partial charge on any atom is -0.361 e. The van der Waals surface area contributed by atoms with Gasteiger partial charge in [0.15, 0.2) is 0 Å². The highest BCUT2D eigenvalue weighted by atomic mass is 32.2. The van der Waals surface area contributed by atoms with Crippen LogP contribution < -0.4 is 10.6 Å². The lowest BCUT2D eigenvalue weighted by molar-refractivity contribution is -0.137. The number of halogens is 3. The predicted molar refractivity (Wildman–Crippen MR) is 92.2 cm³/mol. The Kier molecular flexibility index (Phi) is 5.18. The molecule has 1 aliphatic heterocycles. The van der Waals surface area contributed by atoms with E-state index in [1.807, 2.05) is 0 Å². The Balaban J connectivity index is 1.63. The summed E-state index contributed by atoms with van der Waals surface area (Å²) in [5.74, 6) is -0.246. The van der Waals surface area contributed by atoms with Crippen molar-refractivity contribution in [2.24, 2.45) is 0 Å². The van der Waals surface area contributed by atoms with Crippen LogP contribution in [-0.4, -0.2) is 22.2 Å². The molecule has 2 aromatic rings. The lowest BCUT2D eigenvalue weighted by atomic mass is 10.1. The van der Waals surface area contributed by atoms with Gasteiger partial charge in [-0.25, -0.2) is 0 Å². The lowest BCUT2D eigenvalue weighted by Gasteiger charge is -2.24. The van der Waals surface area contributed by atoms with Gasteiger partial charge in [-0.3, -0.25) is 9.59 Å². The summed E-state index contributed by atoms with van der Waals surface area (Å²) >= 11 is 1.07. The molecule has 0 saturated heterocycles. The highest BCUT2D eigenvalue weighted by Gasteiger charge is 2.34. The van der Waals surface area contributed by atoms with Crippen LogP contribution in [0.5, 0.6) is 0 Å². The molecule has 1 aromatic carbocycles. The first-order chi connectivity index (χ1) is 12.6. The number of rotatable bonds is 4. The van der Waals surface area contributed by atoms with E-state index >= 15 is 0 Å². The normalized spacial score (nSPS) is 16.6. The van der Waals surface area contributed by atoms with Crippen molar-refractivity contribution >= 4 is 29.3 Å². The van der Waals surface area contributed by atoms with Gasteiger partial charge in [-0.1, -0.05) is 5.16 Å². The Labute approximate surface area is 156 Å². The maximum atomic E-state index is 12.8. The Morgan fingerprint density at radius 3 is 2.74 bits per heavy atom. The van der Waals surface area contributed by atoms with Crippen LogP contribution in [0.15, 0.2) is 27.6 Å². The van der Waals surface area contributed by atoms with Crippen LogP contribution in [0.3, 0.4) is 0 Å². The summed E-state index contributed by atoms with van der Waals surface area (Å²) in [5.41, 5.74) is 0.714. The van der Waals surface area contributed by atoms with Gasteiger partial charge in [0, 0.05) is 23.4 Å². The number of amides is 2. The summed E-state index contributed by atoms with van der Waals surface area (Å²) in [6.45, 7) is 3.72. The predicted octanol–water partition coefficient (Wildman–Crippen LogP) is 3.43. The van der Waals surface area contributed by atoms with E-state index in [-0.39, 0.29) is 24.6 Å². The van der Waals surface area contributed by atoms with Gasteiger partial charge in [0.05, 0.1) is 22.2 Å². The number of thioether (sulfide) groups is 1. The van der Waals surface area contributed by atoms with Crippen LogP contribution in [0.2, 0.25) is 0 Å². The second-order valence-corrected chi connectivity index (χ2v) is 7.33. The first kappa shape index (κ1) is 19.3. The third kappa shape index (κ3) is 4.26. The smallest absolute Gasteiger partial charge is 0.361 e. The molecule has 2 heterocycles. The van der Waals surface area contributed by atoms with Crippen LogP contribution in [0.25, 0.3) is 0 Å². The monoisotopic (exact) mass is 399 g/mol. The van der Waals surface area contributed by atoms with Crippen LogP contribution in [0.1, 0.15) is 29.0 Å². The first-order valence-corrected chi connectivity index (χ1v) is 8.90. The van der Waals surface area contributed by atoms with Gasteiger partial charge in [-0.2, -0.15) is 13.2 Å². The van der Waals surface area contributed by atoms with Crippen molar-refractivity contribution in [3.8, 4) is 0 Å². The van der Waals surface area contributed by atoms with E-state index in [1.54, 1.807) is 13.8 Å². The molecule has 1 atom stereocenters. The van der Waals surface area contributed by atoms with Gasteiger partial charge >= 0.3 is 6.18 Å². The average molecular weight is 399 g/mol. The van der Waals surface area contributed by atoms with E-state index in [2.05, 4.69) is 15.8 Å². The van der Waals surface area contributed by atoms with Crippen molar-refractivity contribution < 1.29 is 27.3 Å². The number of fused-ring (bicyclic) bond motifs is 1. The van der Waals surface area contributed by atoms with E-state index < -0.39 is 22.9 Å². The van der Waals surface area contributed by atoms with Gasteiger partial charge in [0.2, 0.25) is 11.8 Å². The molecule has 3 rings (SSSR count). The molecule has 0 aliphatic carbocycles. The number of hydrogen-bond donors (Lipinski definition) is 2. The largest absolute Gasteiger partial charge is 0.416 e. The average Bonchev–Trinajstić information content (AvgIpc) is 2.90. The second-order valence-electron chi connectivity index (χ2n) is 6.09.